The molecule has 1 aromatic carbocycles. The van der Waals surface area contributed by atoms with Crippen LogP contribution >= 0.6 is 0 Å². The van der Waals surface area contributed by atoms with Crippen molar-refractivity contribution in [3.63, 3.8) is 0 Å². The summed E-state index contributed by atoms with van der Waals surface area (Å²) in [6.45, 7) is 2.84. The smallest absolute Gasteiger partial charge is 0.237 e. The van der Waals surface area contributed by atoms with E-state index in [4.69, 9.17) is 0 Å². The maximum absolute atomic E-state index is 12.0. The Morgan fingerprint density at radius 1 is 1.50 bits per heavy atom. The highest BCUT2D eigenvalue weighted by molar-refractivity contribution is 5.82. The molecule has 3 N–H and O–H groups in total. The molecular weight excluding hydrogens is 228 g/mol. The number of piperidine rings is 1. The summed E-state index contributed by atoms with van der Waals surface area (Å²) in [6, 6.07) is 6.83. The molecule has 1 amide bonds. The summed E-state index contributed by atoms with van der Waals surface area (Å²) in [4.78, 5) is 12.0. The van der Waals surface area contributed by atoms with Gasteiger partial charge in [0.1, 0.15) is 5.75 Å². The predicted octanol–water partition coefficient (Wildman–Crippen LogP) is 1.71. The van der Waals surface area contributed by atoms with Gasteiger partial charge in [0.15, 0.2) is 0 Å². The van der Waals surface area contributed by atoms with Crippen LogP contribution in [0.4, 0.5) is 0 Å². The first-order valence-corrected chi connectivity index (χ1v) is 6.49. The van der Waals surface area contributed by atoms with Crippen molar-refractivity contribution < 1.29 is 9.90 Å². The Labute approximate surface area is 107 Å². The Balaban J connectivity index is 1.94. The second kappa shape index (κ2) is 5.87. The SMILES string of the molecule is CC(NC(=O)C1CCCCN1)c1cccc(O)c1. The van der Waals surface area contributed by atoms with Gasteiger partial charge >= 0.3 is 0 Å². The fourth-order valence-corrected chi connectivity index (χ4v) is 2.27. The molecule has 0 bridgehead atoms. The lowest BCUT2D eigenvalue weighted by atomic mass is 10.0. The highest BCUT2D eigenvalue weighted by Gasteiger charge is 2.21. The molecule has 1 aliphatic rings. The van der Waals surface area contributed by atoms with Gasteiger partial charge in [-0.05, 0) is 44.0 Å². The molecular formula is C14H20N2O2. The average molecular weight is 248 g/mol. The van der Waals surface area contributed by atoms with Gasteiger partial charge in [-0.15, -0.1) is 0 Å². The van der Waals surface area contributed by atoms with Crippen LogP contribution in [0.2, 0.25) is 0 Å². The van der Waals surface area contributed by atoms with Crippen LogP contribution in [0.15, 0.2) is 24.3 Å². The highest BCUT2D eigenvalue weighted by Crippen LogP contribution is 2.18. The van der Waals surface area contributed by atoms with Crippen molar-refractivity contribution in [1.29, 1.82) is 0 Å². The summed E-state index contributed by atoms with van der Waals surface area (Å²) >= 11 is 0. The minimum atomic E-state index is -0.0895. The molecule has 2 unspecified atom stereocenters. The Kier molecular flexibility index (Phi) is 4.20. The summed E-state index contributed by atoms with van der Waals surface area (Å²) in [7, 11) is 0. The molecule has 2 atom stereocenters. The Morgan fingerprint density at radius 2 is 2.33 bits per heavy atom. The first-order chi connectivity index (χ1) is 8.66. The normalized spacial score (nSPS) is 21.3. The predicted molar refractivity (Wildman–Crippen MR) is 70.3 cm³/mol. The quantitative estimate of drug-likeness (QED) is 0.763. The van der Waals surface area contributed by atoms with Crippen molar-refractivity contribution in [3.8, 4) is 5.75 Å². The molecule has 1 aromatic rings. The molecule has 0 aliphatic carbocycles. The second-order valence-corrected chi connectivity index (χ2v) is 4.83. The Hall–Kier alpha value is -1.55. The van der Waals surface area contributed by atoms with Crippen LogP contribution in [0, 0.1) is 0 Å². The summed E-state index contributed by atoms with van der Waals surface area (Å²) in [6.07, 6.45) is 3.15. The van der Waals surface area contributed by atoms with E-state index >= 15 is 0 Å². The summed E-state index contributed by atoms with van der Waals surface area (Å²) in [5, 5.41) is 15.6. The van der Waals surface area contributed by atoms with E-state index in [1.807, 2.05) is 13.0 Å². The van der Waals surface area contributed by atoms with Crippen molar-refractivity contribution in [2.24, 2.45) is 0 Å². The number of phenols is 1. The van der Waals surface area contributed by atoms with Crippen LogP contribution in [0.1, 0.15) is 37.8 Å². The molecule has 1 aliphatic heterocycles. The van der Waals surface area contributed by atoms with Gasteiger partial charge in [-0.1, -0.05) is 18.6 Å². The molecule has 0 saturated carbocycles. The zero-order valence-corrected chi connectivity index (χ0v) is 10.6. The average Bonchev–Trinajstić information content (AvgIpc) is 2.39. The topological polar surface area (TPSA) is 61.4 Å². The summed E-state index contributed by atoms with van der Waals surface area (Å²) in [5.41, 5.74) is 0.916. The van der Waals surface area contributed by atoms with Crippen molar-refractivity contribution in [3.05, 3.63) is 29.8 Å². The van der Waals surface area contributed by atoms with Gasteiger partial charge in [0, 0.05) is 0 Å². The third-order valence-electron chi connectivity index (χ3n) is 3.36. The van der Waals surface area contributed by atoms with E-state index in [0.717, 1.165) is 31.4 Å². The van der Waals surface area contributed by atoms with Crippen LogP contribution in [0.25, 0.3) is 0 Å². The van der Waals surface area contributed by atoms with Gasteiger partial charge in [0.05, 0.1) is 12.1 Å². The molecule has 4 nitrogen and oxygen atoms in total. The molecule has 98 valence electrons. The van der Waals surface area contributed by atoms with Gasteiger partial charge in [-0.3, -0.25) is 4.79 Å². The van der Waals surface area contributed by atoms with Crippen LogP contribution < -0.4 is 10.6 Å². The first-order valence-electron chi connectivity index (χ1n) is 6.49. The van der Waals surface area contributed by atoms with E-state index in [2.05, 4.69) is 10.6 Å². The highest BCUT2D eigenvalue weighted by atomic mass is 16.3. The minimum absolute atomic E-state index is 0.0468. The molecule has 0 spiro atoms. The second-order valence-electron chi connectivity index (χ2n) is 4.83. The number of carbonyl (C=O) groups excluding carboxylic acids is 1. The lowest BCUT2D eigenvalue weighted by Gasteiger charge is -2.24. The van der Waals surface area contributed by atoms with E-state index in [1.54, 1.807) is 18.2 Å². The number of carbonyl (C=O) groups is 1. The number of phenolic OH excluding ortho intramolecular Hbond substituents is 1. The van der Waals surface area contributed by atoms with Gasteiger partial charge < -0.3 is 15.7 Å². The molecule has 0 aromatic heterocycles. The van der Waals surface area contributed by atoms with E-state index in [0.29, 0.717) is 0 Å². The molecule has 18 heavy (non-hydrogen) atoms. The van der Waals surface area contributed by atoms with Crippen molar-refractivity contribution in [2.75, 3.05) is 6.54 Å². The lowest BCUT2D eigenvalue weighted by Crippen LogP contribution is -2.47. The maximum atomic E-state index is 12.0. The molecule has 0 radical (unpaired) electrons. The summed E-state index contributed by atoms with van der Waals surface area (Å²) < 4.78 is 0. The van der Waals surface area contributed by atoms with Gasteiger partial charge in [0.2, 0.25) is 5.91 Å². The molecule has 4 heteroatoms. The Bertz CT molecular complexity index is 414. The van der Waals surface area contributed by atoms with Gasteiger partial charge in [-0.25, -0.2) is 0 Å². The van der Waals surface area contributed by atoms with Crippen molar-refractivity contribution >= 4 is 5.91 Å². The van der Waals surface area contributed by atoms with Crippen LogP contribution in [0.5, 0.6) is 5.75 Å². The van der Waals surface area contributed by atoms with E-state index in [9.17, 15) is 9.90 Å². The van der Waals surface area contributed by atoms with Gasteiger partial charge in [-0.2, -0.15) is 0 Å². The van der Waals surface area contributed by atoms with Crippen LogP contribution in [0.3, 0.4) is 0 Å². The fraction of sp³-hybridized carbons (Fsp3) is 0.500. The summed E-state index contributed by atoms with van der Waals surface area (Å²) in [5.74, 6) is 0.273. The monoisotopic (exact) mass is 248 g/mol. The van der Waals surface area contributed by atoms with E-state index in [-0.39, 0.29) is 23.7 Å². The standard InChI is InChI=1S/C14H20N2O2/c1-10(11-5-4-6-12(17)9-11)16-14(18)13-7-2-3-8-15-13/h4-6,9-10,13,15,17H,2-3,7-8H2,1H3,(H,16,18). The number of rotatable bonds is 3. The van der Waals surface area contributed by atoms with Crippen LogP contribution in [-0.2, 0) is 4.79 Å². The first kappa shape index (κ1) is 12.9. The van der Waals surface area contributed by atoms with Gasteiger partial charge in [0.25, 0.3) is 0 Å². The lowest BCUT2D eigenvalue weighted by molar-refractivity contribution is -0.124. The number of amides is 1. The number of aromatic hydroxyl groups is 1. The molecule has 1 fully saturated rings. The minimum Gasteiger partial charge on any atom is -0.508 e. The zero-order valence-electron chi connectivity index (χ0n) is 10.6. The third kappa shape index (κ3) is 3.23. The number of hydrogen-bond acceptors (Lipinski definition) is 3. The molecule has 1 saturated heterocycles. The van der Waals surface area contributed by atoms with Crippen molar-refractivity contribution in [2.45, 2.75) is 38.3 Å². The number of nitrogens with one attached hydrogen (secondary N) is 2. The largest absolute Gasteiger partial charge is 0.508 e. The number of hydrogen-bond donors (Lipinski definition) is 3. The molecule has 1 heterocycles. The van der Waals surface area contributed by atoms with E-state index in [1.165, 1.54) is 0 Å². The van der Waals surface area contributed by atoms with Crippen molar-refractivity contribution in [1.82, 2.24) is 10.6 Å². The number of benzene rings is 1. The fourth-order valence-electron chi connectivity index (χ4n) is 2.27. The molecule has 2 rings (SSSR count). The third-order valence-corrected chi connectivity index (χ3v) is 3.36. The Morgan fingerprint density at radius 3 is 3.00 bits per heavy atom. The zero-order chi connectivity index (χ0) is 13.0. The van der Waals surface area contributed by atoms with E-state index < -0.39 is 0 Å². The van der Waals surface area contributed by atoms with Crippen LogP contribution in [-0.4, -0.2) is 23.6 Å². The maximum Gasteiger partial charge on any atom is 0.237 e.